The van der Waals surface area contributed by atoms with Crippen LogP contribution in [0.3, 0.4) is 0 Å². The molecule has 1 fully saturated rings. The molecule has 4 bridgehead atoms. The Kier molecular flexibility index (Phi) is 8.08. The molecule has 3 aliphatic heterocycles. The Morgan fingerprint density at radius 2 is 1.95 bits per heavy atom. The molecular formula is C31H31N7O6. The molecule has 3 amide bonds. The lowest BCUT2D eigenvalue weighted by Crippen LogP contribution is -2.58. The molecule has 13 nitrogen and oxygen atoms in total. The van der Waals surface area contributed by atoms with Crippen molar-refractivity contribution >= 4 is 17.7 Å². The van der Waals surface area contributed by atoms with Crippen LogP contribution in [0.2, 0.25) is 0 Å². The number of amides is 3. The van der Waals surface area contributed by atoms with Crippen molar-refractivity contribution in [2.24, 2.45) is 0 Å². The zero-order valence-corrected chi connectivity index (χ0v) is 24.2. The van der Waals surface area contributed by atoms with E-state index in [0.29, 0.717) is 52.7 Å². The number of tetrazole rings is 1. The summed E-state index contributed by atoms with van der Waals surface area (Å²) in [5.74, 6) is 0.906. The zero-order valence-electron chi connectivity index (χ0n) is 24.2. The van der Waals surface area contributed by atoms with E-state index in [1.165, 1.54) is 0 Å². The summed E-state index contributed by atoms with van der Waals surface area (Å²) in [6.45, 7) is 2.44. The highest BCUT2D eigenvalue weighted by Crippen LogP contribution is 2.29. The molecule has 226 valence electrons. The fourth-order valence-electron chi connectivity index (χ4n) is 5.36. The van der Waals surface area contributed by atoms with E-state index < -0.39 is 12.1 Å². The second kappa shape index (κ2) is 12.4. The topological polar surface area (TPSA) is 161 Å². The number of methoxy groups -OCH3 is 1. The molecule has 0 aliphatic carbocycles. The summed E-state index contributed by atoms with van der Waals surface area (Å²) in [6.07, 6.45) is -0.00810. The van der Waals surface area contributed by atoms with Gasteiger partial charge in [0.05, 0.1) is 18.7 Å². The van der Waals surface area contributed by atoms with Crippen LogP contribution in [0.15, 0.2) is 60.7 Å². The molecular weight excluding hydrogens is 566 g/mol. The number of nitrogens with one attached hydrogen (secondary N) is 3. The lowest BCUT2D eigenvalue weighted by atomic mass is 9.98. The number of aryl methyl sites for hydroxylation is 1. The Labute approximate surface area is 252 Å². The van der Waals surface area contributed by atoms with Gasteiger partial charge in [0.2, 0.25) is 5.82 Å². The number of carbonyl (C=O) groups is 3. The maximum absolute atomic E-state index is 13.8. The molecule has 0 spiro atoms. The monoisotopic (exact) mass is 597 g/mol. The van der Waals surface area contributed by atoms with Crippen molar-refractivity contribution in [1.82, 2.24) is 36.2 Å². The summed E-state index contributed by atoms with van der Waals surface area (Å²) >= 11 is 0. The van der Waals surface area contributed by atoms with Crippen LogP contribution in [0.25, 0.3) is 11.4 Å². The van der Waals surface area contributed by atoms with Crippen LogP contribution in [-0.2, 0) is 11.3 Å². The molecule has 0 radical (unpaired) electrons. The number of fused-ring (bicyclic) bond motifs is 7. The third-order valence-corrected chi connectivity index (χ3v) is 7.73. The van der Waals surface area contributed by atoms with Crippen LogP contribution in [0, 0.1) is 6.92 Å². The first kappa shape index (κ1) is 28.6. The van der Waals surface area contributed by atoms with Gasteiger partial charge >= 0.3 is 0 Å². The van der Waals surface area contributed by atoms with Crippen molar-refractivity contribution in [3.63, 3.8) is 0 Å². The molecule has 0 saturated carbocycles. The molecule has 3 aromatic carbocycles. The fourth-order valence-corrected chi connectivity index (χ4v) is 5.36. The number of H-pyrrole nitrogens is 1. The van der Waals surface area contributed by atoms with Crippen molar-refractivity contribution in [1.29, 1.82) is 0 Å². The number of aromatic nitrogens is 4. The van der Waals surface area contributed by atoms with Crippen LogP contribution in [0.5, 0.6) is 17.2 Å². The van der Waals surface area contributed by atoms with Gasteiger partial charge in [-0.3, -0.25) is 14.4 Å². The number of nitrogens with zero attached hydrogens (tertiary/aromatic N) is 4. The van der Waals surface area contributed by atoms with Crippen LogP contribution < -0.4 is 24.8 Å². The van der Waals surface area contributed by atoms with Gasteiger partial charge in [0.15, 0.2) is 6.61 Å². The number of rotatable bonds is 3. The van der Waals surface area contributed by atoms with Gasteiger partial charge < -0.3 is 29.7 Å². The molecule has 13 heteroatoms. The molecule has 4 heterocycles. The Morgan fingerprint density at radius 1 is 1.09 bits per heavy atom. The van der Waals surface area contributed by atoms with Crippen LogP contribution in [-0.4, -0.2) is 82.2 Å². The number of benzene rings is 3. The summed E-state index contributed by atoms with van der Waals surface area (Å²) in [6, 6.07) is 16.9. The average molecular weight is 598 g/mol. The van der Waals surface area contributed by atoms with Crippen LogP contribution in [0.4, 0.5) is 0 Å². The first-order valence-electron chi connectivity index (χ1n) is 14.2. The quantitative estimate of drug-likeness (QED) is 0.322. The number of piperidine rings is 1. The molecule has 2 atom stereocenters. The number of hydrogen-bond donors (Lipinski definition) is 3. The van der Waals surface area contributed by atoms with Gasteiger partial charge in [-0.25, -0.2) is 0 Å². The minimum atomic E-state index is -0.562. The molecule has 1 saturated heterocycles. The van der Waals surface area contributed by atoms with Gasteiger partial charge in [0, 0.05) is 48.8 Å². The van der Waals surface area contributed by atoms with Crippen molar-refractivity contribution < 1.29 is 28.6 Å². The summed E-state index contributed by atoms with van der Waals surface area (Å²) < 4.78 is 17.8. The first-order valence-corrected chi connectivity index (χ1v) is 14.2. The van der Waals surface area contributed by atoms with E-state index in [4.69, 9.17) is 14.2 Å². The highest BCUT2D eigenvalue weighted by Gasteiger charge is 2.35. The van der Waals surface area contributed by atoms with Gasteiger partial charge in [-0.1, -0.05) is 24.3 Å². The van der Waals surface area contributed by atoms with E-state index in [9.17, 15) is 14.4 Å². The number of aromatic amines is 1. The molecule has 44 heavy (non-hydrogen) atoms. The third-order valence-electron chi connectivity index (χ3n) is 7.73. The van der Waals surface area contributed by atoms with Gasteiger partial charge in [-0.2, -0.15) is 5.21 Å². The van der Waals surface area contributed by atoms with Crippen molar-refractivity contribution in [2.45, 2.75) is 32.0 Å². The van der Waals surface area contributed by atoms with E-state index in [1.54, 1.807) is 66.6 Å². The Hall–Kier alpha value is -5.46. The summed E-state index contributed by atoms with van der Waals surface area (Å²) in [4.78, 5) is 41.6. The lowest BCUT2D eigenvalue weighted by molar-refractivity contribution is -0.123. The van der Waals surface area contributed by atoms with Gasteiger partial charge in [0.25, 0.3) is 17.7 Å². The number of likely N-dealkylation sites (tertiary alicyclic amines) is 1. The largest absolute Gasteiger partial charge is 0.496 e. The first-order chi connectivity index (χ1) is 21.4. The number of carbonyl (C=O) groups excluding carboxylic acids is 3. The van der Waals surface area contributed by atoms with Crippen LogP contribution >= 0.6 is 0 Å². The second-order valence-corrected chi connectivity index (χ2v) is 10.6. The predicted octanol–water partition coefficient (Wildman–Crippen LogP) is 2.28. The molecule has 3 N–H and O–H groups in total. The van der Waals surface area contributed by atoms with Gasteiger partial charge in [0.1, 0.15) is 23.4 Å². The average Bonchev–Trinajstić information content (AvgIpc) is 3.59. The molecule has 4 aromatic rings. The van der Waals surface area contributed by atoms with E-state index in [1.807, 2.05) is 13.0 Å². The molecule has 1 aromatic heterocycles. The predicted molar refractivity (Wildman–Crippen MR) is 157 cm³/mol. The maximum atomic E-state index is 13.8. The smallest absolute Gasteiger partial charge is 0.258 e. The van der Waals surface area contributed by atoms with Crippen LogP contribution in [0.1, 0.15) is 38.3 Å². The van der Waals surface area contributed by atoms with E-state index in [2.05, 4.69) is 31.3 Å². The lowest BCUT2D eigenvalue weighted by Gasteiger charge is -2.39. The summed E-state index contributed by atoms with van der Waals surface area (Å²) in [5, 5.41) is 20.1. The third kappa shape index (κ3) is 6.02. The molecule has 7 rings (SSSR count). The van der Waals surface area contributed by atoms with Crippen molar-refractivity contribution in [2.75, 3.05) is 26.8 Å². The highest BCUT2D eigenvalue weighted by atomic mass is 16.5. The minimum absolute atomic E-state index is 0.193. The Morgan fingerprint density at radius 3 is 2.77 bits per heavy atom. The van der Waals surface area contributed by atoms with Crippen molar-refractivity contribution in [3.8, 4) is 28.6 Å². The normalized spacial score (nSPS) is 18.6. The summed E-state index contributed by atoms with van der Waals surface area (Å²) in [5.41, 5.74) is 2.87. The summed E-state index contributed by atoms with van der Waals surface area (Å²) in [7, 11) is 1.55. The van der Waals surface area contributed by atoms with E-state index in [-0.39, 0.29) is 37.4 Å². The van der Waals surface area contributed by atoms with E-state index in [0.717, 1.165) is 11.1 Å². The second-order valence-electron chi connectivity index (χ2n) is 10.6. The van der Waals surface area contributed by atoms with Gasteiger partial charge in [-0.15, -0.1) is 10.2 Å². The molecule has 0 unspecified atom stereocenters. The number of ether oxygens (including phenoxy) is 3. The zero-order chi connectivity index (χ0) is 30.6. The highest BCUT2D eigenvalue weighted by molar-refractivity contribution is 6.00. The Bertz CT molecular complexity index is 1690. The van der Waals surface area contributed by atoms with Crippen molar-refractivity contribution in [3.05, 3.63) is 82.9 Å². The minimum Gasteiger partial charge on any atom is -0.496 e. The number of hydrogen-bond acceptors (Lipinski definition) is 9. The maximum Gasteiger partial charge on any atom is 0.258 e. The van der Waals surface area contributed by atoms with Gasteiger partial charge in [-0.05, 0) is 48.0 Å². The van der Waals surface area contributed by atoms with E-state index >= 15 is 0 Å². The standard InChI is InChI=1S/C31H31N7O6/c1-18-7-8-19-13-26(18)43-17-28(39)32-15-20-9-10-21(14-27(20)42-2)44-25-11-12-38(16-24(25)33-30(19)40)31(41)23-6-4-3-5-22(23)29-34-36-37-35-29/h3-10,13-14,24-25H,11-12,15-17H2,1-2H3,(H,32,39)(H,33,40)(H,34,35,36,37)/t24-,25+/m0/s1. The Balaban J connectivity index is 1.32. The molecule has 3 aliphatic rings. The SMILES string of the molecule is COc1cc2ccc1CNC(=O)COc1cc(ccc1C)C(=O)N[C@H]1CN(C(=O)c3ccccc3-c3nn[nH]n3)CC[C@H]1O2. The fraction of sp³-hybridized carbons (Fsp3) is 0.290.